The first-order valence-electron chi connectivity index (χ1n) is 10.00. The van der Waals surface area contributed by atoms with Crippen LogP contribution in [0, 0.1) is 0 Å². The second kappa shape index (κ2) is 8.82. The molecule has 0 radical (unpaired) electrons. The molecular weight excluding hydrogens is 378 g/mol. The number of anilines is 1. The second-order valence-electron chi connectivity index (χ2n) is 7.38. The Morgan fingerprint density at radius 2 is 1.97 bits per heavy atom. The van der Waals surface area contributed by atoms with Crippen molar-refractivity contribution in [2.24, 2.45) is 0 Å². The van der Waals surface area contributed by atoms with Gasteiger partial charge in [-0.25, -0.2) is 0 Å². The maximum atomic E-state index is 12.9. The van der Waals surface area contributed by atoms with Crippen LogP contribution in [0.25, 0.3) is 11.3 Å². The molecule has 2 aromatic heterocycles. The molecule has 3 heterocycles. The molecule has 2 amide bonds. The average molecular weight is 401 g/mol. The third-order valence-corrected chi connectivity index (χ3v) is 5.19. The first-order chi connectivity index (χ1) is 14.6. The fourth-order valence-electron chi connectivity index (χ4n) is 3.87. The van der Waals surface area contributed by atoms with Gasteiger partial charge in [-0.1, -0.05) is 12.1 Å². The number of pyridine rings is 1. The van der Waals surface area contributed by atoms with E-state index in [0.29, 0.717) is 17.8 Å². The second-order valence-corrected chi connectivity index (χ2v) is 7.38. The molecule has 1 aliphatic rings. The molecule has 152 valence electrons. The Morgan fingerprint density at radius 3 is 2.77 bits per heavy atom. The zero-order chi connectivity index (χ0) is 20.9. The number of hydrogen-bond donors (Lipinski definition) is 1. The van der Waals surface area contributed by atoms with Crippen LogP contribution in [0.3, 0.4) is 0 Å². The predicted octanol–water partition coefficient (Wildman–Crippen LogP) is 3.52. The van der Waals surface area contributed by atoms with E-state index in [-0.39, 0.29) is 17.7 Å². The molecule has 1 aliphatic heterocycles. The number of rotatable bonds is 4. The van der Waals surface area contributed by atoms with E-state index in [9.17, 15) is 9.59 Å². The van der Waals surface area contributed by atoms with E-state index in [1.54, 1.807) is 36.9 Å². The Balaban J connectivity index is 1.61. The van der Waals surface area contributed by atoms with Crippen LogP contribution in [0.5, 0.6) is 0 Å². The van der Waals surface area contributed by atoms with Crippen molar-refractivity contribution in [1.29, 1.82) is 0 Å². The Kier molecular flexibility index (Phi) is 5.79. The van der Waals surface area contributed by atoms with Crippen molar-refractivity contribution in [2.75, 3.05) is 18.4 Å². The summed E-state index contributed by atoms with van der Waals surface area (Å²) in [7, 11) is 0. The van der Waals surface area contributed by atoms with Crippen LogP contribution in [0.1, 0.15) is 41.7 Å². The Bertz CT molecular complexity index is 1050. The quantitative estimate of drug-likeness (QED) is 0.723. The molecule has 0 saturated carbocycles. The maximum Gasteiger partial charge on any atom is 0.255 e. The number of benzene rings is 1. The first kappa shape index (κ1) is 19.7. The van der Waals surface area contributed by atoms with E-state index < -0.39 is 0 Å². The van der Waals surface area contributed by atoms with E-state index in [4.69, 9.17) is 0 Å². The van der Waals surface area contributed by atoms with Crippen molar-refractivity contribution in [3.05, 3.63) is 72.4 Å². The molecule has 1 fully saturated rings. The number of nitrogens with zero attached hydrogens (tertiary/aromatic N) is 4. The number of carbonyl (C=O) groups excluding carboxylic acids is 2. The minimum absolute atomic E-state index is 0.00843. The summed E-state index contributed by atoms with van der Waals surface area (Å²) in [4.78, 5) is 39.5. The zero-order valence-corrected chi connectivity index (χ0v) is 16.8. The lowest BCUT2D eigenvalue weighted by Gasteiger charge is -2.33. The Hall–Kier alpha value is -3.61. The zero-order valence-electron chi connectivity index (χ0n) is 16.8. The van der Waals surface area contributed by atoms with Gasteiger partial charge in [0.15, 0.2) is 0 Å². The van der Waals surface area contributed by atoms with Crippen molar-refractivity contribution in [3.63, 3.8) is 0 Å². The summed E-state index contributed by atoms with van der Waals surface area (Å²) in [5, 5.41) is 2.81. The number of hydrogen-bond acceptors (Lipinski definition) is 5. The van der Waals surface area contributed by atoms with Crippen LogP contribution in [0.4, 0.5) is 5.69 Å². The van der Waals surface area contributed by atoms with Crippen molar-refractivity contribution >= 4 is 17.5 Å². The predicted molar refractivity (Wildman–Crippen MR) is 114 cm³/mol. The van der Waals surface area contributed by atoms with Crippen LogP contribution < -0.4 is 5.32 Å². The van der Waals surface area contributed by atoms with E-state index in [1.807, 2.05) is 29.2 Å². The molecule has 7 nitrogen and oxygen atoms in total. The van der Waals surface area contributed by atoms with E-state index in [1.165, 1.54) is 6.92 Å². The molecule has 0 unspecified atom stereocenters. The summed E-state index contributed by atoms with van der Waals surface area (Å²) in [6.45, 7) is 2.79. The average Bonchev–Trinajstić information content (AvgIpc) is 2.79. The largest absolute Gasteiger partial charge is 0.338 e. The van der Waals surface area contributed by atoms with E-state index in [0.717, 1.165) is 36.3 Å². The highest BCUT2D eigenvalue weighted by molar-refractivity contribution is 5.94. The number of piperidine rings is 1. The Morgan fingerprint density at radius 1 is 1.10 bits per heavy atom. The van der Waals surface area contributed by atoms with Gasteiger partial charge in [-0.15, -0.1) is 0 Å². The molecule has 30 heavy (non-hydrogen) atoms. The van der Waals surface area contributed by atoms with Crippen molar-refractivity contribution < 1.29 is 9.59 Å². The standard InChI is InChI=1S/C23H23N5O2/c1-16(29)27-20-8-2-5-17(13-20)21-22(26-11-10-25-21)19-7-4-12-28(15-19)23(30)18-6-3-9-24-14-18/h2-3,5-6,8-11,13-14,19H,4,7,12,15H2,1H3,(H,27,29)/t19-/m1/s1. The van der Waals surface area contributed by atoms with Gasteiger partial charge in [0, 0.05) is 62.0 Å². The first-order valence-corrected chi connectivity index (χ1v) is 10.00. The van der Waals surface area contributed by atoms with Crippen LogP contribution in [0.2, 0.25) is 0 Å². The summed E-state index contributed by atoms with van der Waals surface area (Å²) in [6.07, 6.45) is 8.47. The molecule has 0 spiro atoms. The summed E-state index contributed by atoms with van der Waals surface area (Å²) >= 11 is 0. The summed E-state index contributed by atoms with van der Waals surface area (Å²) in [5.41, 5.74) is 3.86. The highest BCUT2D eigenvalue weighted by Crippen LogP contribution is 2.33. The van der Waals surface area contributed by atoms with E-state index in [2.05, 4.69) is 20.3 Å². The lowest BCUT2D eigenvalue weighted by Crippen LogP contribution is -2.39. The summed E-state index contributed by atoms with van der Waals surface area (Å²) in [6, 6.07) is 11.2. The van der Waals surface area contributed by atoms with Crippen molar-refractivity contribution in [2.45, 2.75) is 25.7 Å². The number of carbonyl (C=O) groups is 2. The van der Waals surface area contributed by atoms with Gasteiger partial charge in [0.05, 0.1) is 17.0 Å². The molecule has 1 aromatic carbocycles. The fourth-order valence-corrected chi connectivity index (χ4v) is 3.87. The van der Waals surface area contributed by atoms with E-state index >= 15 is 0 Å². The van der Waals surface area contributed by atoms with Crippen LogP contribution in [0.15, 0.2) is 61.2 Å². The van der Waals surface area contributed by atoms with Crippen molar-refractivity contribution in [3.8, 4) is 11.3 Å². The van der Waals surface area contributed by atoms with Gasteiger partial charge in [0.1, 0.15) is 0 Å². The van der Waals surface area contributed by atoms with Gasteiger partial charge in [-0.2, -0.15) is 0 Å². The van der Waals surface area contributed by atoms with Gasteiger partial charge >= 0.3 is 0 Å². The number of nitrogens with one attached hydrogen (secondary N) is 1. The van der Waals surface area contributed by atoms with Gasteiger partial charge in [-0.05, 0) is 37.1 Å². The molecule has 7 heteroatoms. The molecule has 1 N–H and O–H groups in total. The van der Waals surface area contributed by atoms with Crippen LogP contribution >= 0.6 is 0 Å². The normalized spacial score (nSPS) is 16.2. The highest BCUT2D eigenvalue weighted by Gasteiger charge is 2.28. The van der Waals surface area contributed by atoms with Gasteiger partial charge in [0.25, 0.3) is 5.91 Å². The van der Waals surface area contributed by atoms with Gasteiger partial charge in [-0.3, -0.25) is 24.5 Å². The smallest absolute Gasteiger partial charge is 0.255 e. The fraction of sp³-hybridized carbons (Fsp3) is 0.261. The number of likely N-dealkylation sites (tertiary alicyclic amines) is 1. The summed E-state index contributed by atoms with van der Waals surface area (Å²) in [5.74, 6) is -0.0401. The third-order valence-electron chi connectivity index (χ3n) is 5.19. The van der Waals surface area contributed by atoms with Gasteiger partial charge < -0.3 is 10.2 Å². The lowest BCUT2D eigenvalue weighted by molar-refractivity contribution is -0.114. The highest BCUT2D eigenvalue weighted by atomic mass is 16.2. The number of aromatic nitrogens is 3. The third kappa shape index (κ3) is 4.35. The van der Waals surface area contributed by atoms with Crippen molar-refractivity contribution in [1.82, 2.24) is 19.9 Å². The molecule has 0 bridgehead atoms. The molecule has 0 aliphatic carbocycles. The minimum Gasteiger partial charge on any atom is -0.338 e. The maximum absolute atomic E-state index is 12.9. The molecule has 1 saturated heterocycles. The topological polar surface area (TPSA) is 88.1 Å². The van der Waals surface area contributed by atoms with Gasteiger partial charge in [0.2, 0.25) is 5.91 Å². The summed E-state index contributed by atoms with van der Waals surface area (Å²) < 4.78 is 0. The van der Waals surface area contributed by atoms with Crippen LogP contribution in [-0.2, 0) is 4.79 Å². The SMILES string of the molecule is CC(=O)Nc1cccc(-c2nccnc2[C@@H]2CCCN(C(=O)c3cccnc3)C2)c1. The lowest BCUT2D eigenvalue weighted by atomic mass is 9.91. The Labute approximate surface area is 175 Å². The molecule has 3 aromatic rings. The monoisotopic (exact) mass is 401 g/mol. The molecular formula is C23H23N5O2. The number of amides is 2. The molecule has 4 rings (SSSR count). The van der Waals surface area contributed by atoms with Crippen LogP contribution in [-0.4, -0.2) is 44.8 Å². The molecule has 1 atom stereocenters. The minimum atomic E-state index is -0.122.